The number of carbonyl (C=O) groups is 10. The number of methoxy groups -OCH3 is 1. The molecule has 0 heterocycles. The minimum absolute atomic E-state index is 0.0450. The van der Waals surface area contributed by atoms with Crippen molar-refractivity contribution in [2.45, 2.75) is 108 Å². The molecule has 5 aliphatic carbocycles. The lowest BCUT2D eigenvalue weighted by Gasteiger charge is -2.26. The van der Waals surface area contributed by atoms with Gasteiger partial charge in [0.2, 0.25) is 28.9 Å². The number of aliphatic hydroxyl groups excluding tert-OH is 5. The Morgan fingerprint density at radius 1 is 0.353 bits per heavy atom. The van der Waals surface area contributed by atoms with E-state index in [0.717, 1.165) is 78.1 Å². The molecule has 0 atom stereocenters. The highest BCUT2D eigenvalue weighted by atomic mass is 35.5. The van der Waals surface area contributed by atoms with Crippen LogP contribution in [-0.4, -0.2) is 220 Å². The molecule has 0 radical (unpaired) electrons. The number of phenols is 1. The number of ketones is 10. The lowest BCUT2D eigenvalue weighted by atomic mass is 9.86. The van der Waals surface area contributed by atoms with Crippen molar-refractivity contribution in [1.82, 2.24) is 24.5 Å². The Hall–Kier alpha value is -11.9. The average Bonchev–Trinajstić information content (AvgIpc) is 0.782. The van der Waals surface area contributed by atoms with Gasteiger partial charge in [-0.25, -0.2) is 0 Å². The highest BCUT2D eigenvalue weighted by Gasteiger charge is 2.30. The largest absolute Gasteiger partial charge is 0.508 e. The number of benzene rings is 5. The molecule has 0 saturated heterocycles. The molecule has 634 valence electrons. The maximum Gasteiger partial charge on any atom is 0.202 e. The van der Waals surface area contributed by atoms with E-state index < -0.39 is 0 Å². The minimum Gasteiger partial charge on any atom is -0.508 e. The monoisotopic (exact) mass is 1650 g/mol. The highest BCUT2D eigenvalue weighted by molar-refractivity contribution is 6.31. The second-order valence-corrected chi connectivity index (χ2v) is 29.6. The number of hydrogen-bond acceptors (Lipinski definition) is 26. The fourth-order valence-electron chi connectivity index (χ4n) is 13.7. The van der Waals surface area contributed by atoms with Crippen molar-refractivity contribution in [3.05, 3.63) is 255 Å². The van der Waals surface area contributed by atoms with Gasteiger partial charge in [-0.1, -0.05) is 41.9 Å². The summed E-state index contributed by atoms with van der Waals surface area (Å²) < 4.78 is 5.32. The topological polar surface area (TPSA) is 422 Å². The van der Waals surface area contributed by atoms with Crippen LogP contribution >= 0.6 is 11.6 Å². The normalized spacial score (nSPS) is 14.5. The van der Waals surface area contributed by atoms with Gasteiger partial charge < -0.3 is 82.8 Å². The summed E-state index contributed by atoms with van der Waals surface area (Å²) in [4.78, 5) is 132. The molecule has 0 spiro atoms. The van der Waals surface area contributed by atoms with Crippen LogP contribution in [0, 0.1) is 55.4 Å². The van der Waals surface area contributed by atoms with Crippen LogP contribution in [0.15, 0.2) is 178 Å². The molecule has 0 bridgehead atoms. The van der Waals surface area contributed by atoms with Crippen LogP contribution in [0.3, 0.4) is 0 Å². The smallest absolute Gasteiger partial charge is 0.202 e. The number of halogens is 1. The molecule has 5 aromatic carbocycles. The van der Waals surface area contributed by atoms with Gasteiger partial charge in [-0.05, 0) is 203 Å². The number of aromatic hydroxyl groups is 1. The van der Waals surface area contributed by atoms with Crippen LogP contribution in [0.4, 0.5) is 22.7 Å². The first-order valence-corrected chi connectivity index (χ1v) is 39.4. The standard InChI is InChI=1S/C21H28N2O3.C18H22N2O4.2C18H22N2O3.C17H18ClNO4/c1-6-23(7-8-24)18-11-19(25)16(10-20(18)26)9-17-12(2)14(4)21(22)15(5)13(17)3;1-11-6-13(18(24-3)9-14(11)19)7-12-8-17(23)15(10-16(12)22)20(2)4-5-21;1-11-7-15(19)12(2)6-13(11)8-14-9-18(23)16(10-17(14)22)20(3)4-5-21;1-3-20(6-7-21)16-11-17(22)14(10-18(16)23)9-13-4-5-15(19)12(2)8-13;1-2-19(5-6-20)15-10-16(22)12(8-17(15)23)7-11-3-4-13(21)9-14(11)18/h10-11,24H,6-9,22H2,1-5H3;6,8-10,21H,4-5,7,19H2,1-3H3;6-7,9-10,21H,4-5,8,19H2,1-3H3;4-5,8,10-11,21H,3,6-7,9,19H2,1-2H3;3-4,8-10,20-21H,2,5-7H2,1H3. The number of aliphatic hydroxyl groups is 5. The zero-order valence-corrected chi connectivity index (χ0v) is 71.1. The number of allylic oxidation sites excluding steroid dienone is 15. The van der Waals surface area contributed by atoms with Crippen molar-refractivity contribution < 1.29 is 83.3 Å². The molecule has 0 aromatic heterocycles. The van der Waals surface area contributed by atoms with Crippen LogP contribution in [0.1, 0.15) is 93.1 Å². The Kier molecular flexibility index (Phi) is 36.0. The van der Waals surface area contributed by atoms with Gasteiger partial charge in [0.05, 0.1) is 68.6 Å². The van der Waals surface area contributed by atoms with Crippen LogP contribution in [0.2, 0.25) is 5.02 Å². The number of nitrogens with zero attached hydrogens (tertiary/aromatic N) is 5. The molecule has 26 nitrogen and oxygen atoms in total. The third kappa shape index (κ3) is 25.3. The van der Waals surface area contributed by atoms with Crippen molar-refractivity contribution in [2.24, 2.45) is 0 Å². The molecule has 0 unspecified atom stereocenters. The van der Waals surface area contributed by atoms with Gasteiger partial charge in [0.25, 0.3) is 0 Å². The summed E-state index contributed by atoms with van der Waals surface area (Å²) in [5.74, 6) is -1.40. The first-order chi connectivity index (χ1) is 56.3. The van der Waals surface area contributed by atoms with Gasteiger partial charge in [0.15, 0.2) is 28.9 Å². The van der Waals surface area contributed by atoms with Crippen LogP contribution < -0.4 is 27.7 Å². The SMILES string of the molecule is CCN(CCO)C1=CC(=O)C(Cc2c(C)c(C)c(N)c(C)c2C)=CC1=O.CCN(CCO)C1=CC(=O)C(Cc2ccc(N)c(C)c2)=CC1=O.CCN(CCO)C1=CC(=O)C(Cc2ccc(O)cc2Cl)=CC1=O.COc1cc(N)c(C)cc1CC1=CC(=O)C(N(C)CCO)=CC1=O.Cc1cc(CC2=CC(=O)C(N(C)CCO)=CC2=O)c(C)cc1N. The van der Waals surface area contributed by atoms with Crippen LogP contribution in [0.25, 0.3) is 0 Å². The van der Waals surface area contributed by atoms with E-state index in [9.17, 15) is 53.1 Å². The van der Waals surface area contributed by atoms with E-state index >= 15 is 0 Å². The van der Waals surface area contributed by atoms with Gasteiger partial charge >= 0.3 is 0 Å². The van der Waals surface area contributed by atoms with Crippen molar-refractivity contribution in [3.63, 3.8) is 0 Å². The van der Waals surface area contributed by atoms with Crippen LogP contribution in [-0.2, 0) is 80.0 Å². The van der Waals surface area contributed by atoms with Gasteiger partial charge in [-0.2, -0.15) is 0 Å². The average molecular weight is 1650 g/mol. The number of rotatable bonds is 29. The number of phenolic OH excluding ortho intramolecular Hbond substituents is 1. The maximum atomic E-state index is 12.6. The van der Waals surface area contributed by atoms with E-state index in [4.69, 9.17) is 64.8 Å². The number of nitrogens with two attached hydrogens (primary N) is 4. The second kappa shape index (κ2) is 44.6. The number of aryl methyl sites for hydroxylation is 4. The molecular formula is C92H112ClN9O17. The first-order valence-electron chi connectivity index (χ1n) is 39.1. The molecular weight excluding hydrogens is 1540 g/mol. The Labute approximate surface area is 700 Å². The van der Waals surface area contributed by atoms with E-state index in [2.05, 4.69) is 0 Å². The van der Waals surface area contributed by atoms with Crippen molar-refractivity contribution in [3.8, 4) is 11.5 Å². The van der Waals surface area contributed by atoms with E-state index in [1.165, 1.54) is 80.0 Å². The van der Waals surface area contributed by atoms with Crippen molar-refractivity contribution in [2.75, 3.05) is 130 Å². The lowest BCUT2D eigenvalue weighted by molar-refractivity contribution is -0.116. The Morgan fingerprint density at radius 2 is 0.697 bits per heavy atom. The first kappa shape index (κ1) is 95.9. The molecule has 0 amide bonds. The summed E-state index contributed by atoms with van der Waals surface area (Å²) >= 11 is 6.04. The molecule has 27 heteroatoms. The predicted octanol–water partition coefficient (Wildman–Crippen LogP) is 7.91. The molecule has 14 N–H and O–H groups in total. The van der Waals surface area contributed by atoms with E-state index in [1.54, 1.807) is 50.7 Å². The number of hydrogen-bond donors (Lipinski definition) is 10. The van der Waals surface area contributed by atoms with E-state index in [0.29, 0.717) is 162 Å². The third-order valence-electron chi connectivity index (χ3n) is 21.2. The van der Waals surface area contributed by atoms with E-state index in [1.807, 2.05) is 113 Å². The Bertz CT molecular complexity index is 5080. The third-order valence-corrected chi connectivity index (χ3v) is 21.5. The highest BCUT2D eigenvalue weighted by Crippen LogP contribution is 2.34. The van der Waals surface area contributed by atoms with Gasteiger partial charge in [0.1, 0.15) is 11.5 Å². The van der Waals surface area contributed by atoms with Gasteiger partial charge in [-0.3, -0.25) is 47.9 Å². The number of carbonyl (C=O) groups excluding carboxylic acids is 10. The zero-order chi connectivity index (χ0) is 88.6. The van der Waals surface area contributed by atoms with Gasteiger partial charge in [0, 0.05) is 191 Å². The molecule has 10 rings (SSSR count). The van der Waals surface area contributed by atoms with Gasteiger partial charge in [-0.15, -0.1) is 0 Å². The summed E-state index contributed by atoms with van der Waals surface area (Å²) in [5.41, 5.74) is 42.8. The summed E-state index contributed by atoms with van der Waals surface area (Å²) in [6.45, 7) is 24.1. The number of likely N-dealkylation sites (N-methyl/N-ethyl adjacent to an activating group) is 5. The number of nitrogen functional groups attached to an aromatic ring is 4. The molecule has 0 saturated carbocycles. The van der Waals surface area contributed by atoms with Crippen molar-refractivity contribution >= 4 is 92.2 Å². The molecule has 119 heavy (non-hydrogen) atoms. The summed E-state index contributed by atoms with van der Waals surface area (Å²) in [6, 6.07) is 17.5. The fourth-order valence-corrected chi connectivity index (χ4v) is 13.9. The second-order valence-electron chi connectivity index (χ2n) is 29.2. The fraction of sp³-hybridized carbons (Fsp3) is 0.348. The Balaban J connectivity index is 0.000000231. The zero-order valence-electron chi connectivity index (χ0n) is 70.4. The molecule has 0 aliphatic heterocycles. The minimum atomic E-state index is -0.259. The molecule has 5 aromatic rings. The Morgan fingerprint density at radius 3 is 1.08 bits per heavy atom. The quantitative estimate of drug-likeness (QED) is 0.0160. The maximum absolute atomic E-state index is 12.6. The van der Waals surface area contributed by atoms with Crippen molar-refractivity contribution in [1.29, 1.82) is 0 Å². The molecule has 0 fully saturated rings. The summed E-state index contributed by atoms with van der Waals surface area (Å²) in [6.07, 6.45) is 15.4. The number of anilines is 4. The molecule has 5 aliphatic rings. The van der Waals surface area contributed by atoms with Crippen LogP contribution in [0.5, 0.6) is 11.5 Å². The lowest BCUT2D eigenvalue weighted by Crippen LogP contribution is -2.32. The van der Waals surface area contributed by atoms with E-state index in [-0.39, 0.29) is 103 Å². The summed E-state index contributed by atoms with van der Waals surface area (Å²) in [5, 5.41) is 54.9. The predicted molar refractivity (Wildman–Crippen MR) is 463 cm³/mol. The summed E-state index contributed by atoms with van der Waals surface area (Å²) in [7, 11) is 4.88. The number of ether oxygens (including phenoxy) is 1.